The number of halogens is 2. The van der Waals surface area contributed by atoms with E-state index in [4.69, 9.17) is 0 Å². The van der Waals surface area contributed by atoms with E-state index in [9.17, 15) is 13.6 Å². The predicted molar refractivity (Wildman–Crippen MR) is 68.3 cm³/mol. The van der Waals surface area contributed by atoms with Gasteiger partial charge in [0.2, 0.25) is 5.91 Å². The number of hydrogen-bond acceptors (Lipinski definition) is 2. The van der Waals surface area contributed by atoms with Crippen molar-refractivity contribution >= 4 is 17.7 Å². The number of hydrogen-bond donors (Lipinski definition) is 1. The molecule has 2 aromatic rings. The molecule has 0 radical (unpaired) electrons. The van der Waals surface area contributed by atoms with Crippen LogP contribution in [0.4, 0.5) is 14.5 Å². The molecule has 0 atom stereocenters. The molecule has 0 aliphatic carbocycles. The lowest BCUT2D eigenvalue weighted by Gasteiger charge is -2.02. The standard InChI is InChI=1S/C14H10F2N2O/c15-12-5-4-11(8-13(12)16)18-14(19)6-3-10-2-1-7-17-9-10/h1-9H,(H,18,19)/b6-3+. The molecule has 0 aliphatic heterocycles. The molecular weight excluding hydrogens is 250 g/mol. The van der Waals surface area contributed by atoms with E-state index in [1.54, 1.807) is 30.6 Å². The van der Waals surface area contributed by atoms with Crippen LogP contribution >= 0.6 is 0 Å². The molecule has 0 bridgehead atoms. The summed E-state index contributed by atoms with van der Waals surface area (Å²) >= 11 is 0. The van der Waals surface area contributed by atoms with Crippen molar-refractivity contribution in [1.29, 1.82) is 0 Å². The molecule has 5 heteroatoms. The number of amides is 1. The number of aromatic nitrogens is 1. The molecule has 0 fully saturated rings. The Labute approximate surface area is 108 Å². The van der Waals surface area contributed by atoms with E-state index in [2.05, 4.69) is 10.3 Å². The monoisotopic (exact) mass is 260 g/mol. The van der Waals surface area contributed by atoms with E-state index in [1.807, 2.05) is 0 Å². The average Bonchev–Trinajstić information content (AvgIpc) is 2.42. The minimum Gasteiger partial charge on any atom is -0.322 e. The van der Waals surface area contributed by atoms with Crippen molar-refractivity contribution < 1.29 is 13.6 Å². The molecule has 1 aromatic heterocycles. The average molecular weight is 260 g/mol. The fourth-order valence-electron chi connectivity index (χ4n) is 1.40. The molecule has 1 N–H and O–H groups in total. The fraction of sp³-hybridized carbons (Fsp3) is 0. The maximum Gasteiger partial charge on any atom is 0.248 e. The zero-order valence-corrected chi connectivity index (χ0v) is 9.81. The van der Waals surface area contributed by atoms with E-state index in [-0.39, 0.29) is 5.69 Å². The van der Waals surface area contributed by atoms with Crippen LogP contribution in [-0.4, -0.2) is 10.9 Å². The molecule has 1 heterocycles. The van der Waals surface area contributed by atoms with Gasteiger partial charge in [0.1, 0.15) is 0 Å². The van der Waals surface area contributed by atoms with Gasteiger partial charge in [0.05, 0.1) is 0 Å². The van der Waals surface area contributed by atoms with E-state index < -0.39 is 17.5 Å². The first kappa shape index (κ1) is 12.9. The minimum atomic E-state index is -1.01. The molecule has 2 rings (SSSR count). The molecule has 0 saturated carbocycles. The first-order chi connectivity index (χ1) is 9.15. The summed E-state index contributed by atoms with van der Waals surface area (Å²) < 4.78 is 25.6. The normalized spacial score (nSPS) is 10.6. The summed E-state index contributed by atoms with van der Waals surface area (Å²) in [6.07, 6.45) is 6.08. The van der Waals surface area contributed by atoms with Gasteiger partial charge in [-0.15, -0.1) is 0 Å². The Balaban J connectivity index is 2.01. The number of pyridine rings is 1. The summed E-state index contributed by atoms with van der Waals surface area (Å²) in [6, 6.07) is 6.69. The van der Waals surface area contributed by atoms with Crippen LogP contribution in [0.15, 0.2) is 48.8 Å². The number of anilines is 1. The third-order valence-electron chi connectivity index (χ3n) is 2.30. The Morgan fingerprint density at radius 1 is 1.21 bits per heavy atom. The fourth-order valence-corrected chi connectivity index (χ4v) is 1.40. The van der Waals surface area contributed by atoms with Crippen LogP contribution in [0, 0.1) is 11.6 Å². The molecule has 1 amide bonds. The summed E-state index contributed by atoms with van der Waals surface area (Å²) in [4.78, 5) is 15.4. The lowest BCUT2D eigenvalue weighted by atomic mass is 10.2. The maximum atomic E-state index is 12.9. The summed E-state index contributed by atoms with van der Waals surface area (Å²) in [5.74, 6) is -2.40. The van der Waals surface area contributed by atoms with Gasteiger partial charge in [-0.1, -0.05) is 6.07 Å². The van der Waals surface area contributed by atoms with Crippen molar-refractivity contribution in [2.45, 2.75) is 0 Å². The number of nitrogens with zero attached hydrogens (tertiary/aromatic N) is 1. The Hall–Kier alpha value is -2.56. The highest BCUT2D eigenvalue weighted by Crippen LogP contribution is 2.13. The van der Waals surface area contributed by atoms with Gasteiger partial charge in [-0.2, -0.15) is 0 Å². The van der Waals surface area contributed by atoms with Crippen LogP contribution in [0.2, 0.25) is 0 Å². The molecule has 0 spiro atoms. The number of benzene rings is 1. The van der Waals surface area contributed by atoms with E-state index in [1.165, 1.54) is 12.1 Å². The zero-order valence-electron chi connectivity index (χ0n) is 9.81. The van der Waals surface area contributed by atoms with Gasteiger partial charge in [0.15, 0.2) is 11.6 Å². The number of carbonyl (C=O) groups excluding carboxylic acids is 1. The summed E-state index contributed by atoms with van der Waals surface area (Å²) in [5, 5.41) is 2.43. The van der Waals surface area contributed by atoms with Crippen LogP contribution < -0.4 is 5.32 Å². The Morgan fingerprint density at radius 3 is 2.74 bits per heavy atom. The molecule has 0 unspecified atom stereocenters. The second-order valence-electron chi connectivity index (χ2n) is 3.74. The van der Waals surface area contributed by atoms with Crippen molar-refractivity contribution in [2.24, 2.45) is 0 Å². The highest BCUT2D eigenvalue weighted by atomic mass is 19.2. The highest BCUT2D eigenvalue weighted by Gasteiger charge is 2.03. The minimum absolute atomic E-state index is 0.194. The molecule has 3 nitrogen and oxygen atoms in total. The number of nitrogens with one attached hydrogen (secondary N) is 1. The van der Waals surface area contributed by atoms with Gasteiger partial charge in [-0.25, -0.2) is 8.78 Å². The third kappa shape index (κ3) is 3.70. The van der Waals surface area contributed by atoms with Gasteiger partial charge in [-0.3, -0.25) is 9.78 Å². The van der Waals surface area contributed by atoms with Crippen molar-refractivity contribution in [3.63, 3.8) is 0 Å². The maximum absolute atomic E-state index is 12.9. The summed E-state index contributed by atoms with van der Waals surface area (Å²) in [7, 11) is 0. The van der Waals surface area contributed by atoms with Gasteiger partial charge >= 0.3 is 0 Å². The van der Waals surface area contributed by atoms with Gasteiger partial charge in [0, 0.05) is 30.2 Å². The number of carbonyl (C=O) groups is 1. The topological polar surface area (TPSA) is 42.0 Å². The Kier molecular flexibility index (Phi) is 3.97. The van der Waals surface area contributed by atoms with E-state index in [0.29, 0.717) is 0 Å². The second kappa shape index (κ2) is 5.86. The van der Waals surface area contributed by atoms with E-state index in [0.717, 1.165) is 17.7 Å². The lowest BCUT2D eigenvalue weighted by Crippen LogP contribution is -2.08. The predicted octanol–water partition coefficient (Wildman–Crippen LogP) is 3.01. The quantitative estimate of drug-likeness (QED) is 0.862. The Morgan fingerprint density at radius 2 is 2.05 bits per heavy atom. The molecule has 0 aliphatic rings. The summed E-state index contributed by atoms with van der Waals surface area (Å²) in [6.45, 7) is 0. The van der Waals surface area contributed by atoms with Crippen molar-refractivity contribution in [2.75, 3.05) is 5.32 Å². The van der Waals surface area contributed by atoms with Gasteiger partial charge < -0.3 is 5.32 Å². The van der Waals surface area contributed by atoms with Gasteiger partial charge in [0.25, 0.3) is 0 Å². The lowest BCUT2D eigenvalue weighted by molar-refractivity contribution is -0.111. The summed E-state index contributed by atoms with van der Waals surface area (Å²) in [5.41, 5.74) is 0.961. The molecule has 0 saturated heterocycles. The van der Waals surface area contributed by atoms with Crippen LogP contribution in [0.1, 0.15) is 5.56 Å². The molecule has 19 heavy (non-hydrogen) atoms. The number of rotatable bonds is 3. The second-order valence-corrected chi connectivity index (χ2v) is 3.74. The van der Waals surface area contributed by atoms with Crippen molar-refractivity contribution in [3.05, 3.63) is 66.0 Å². The van der Waals surface area contributed by atoms with Crippen LogP contribution in [0.25, 0.3) is 6.08 Å². The first-order valence-electron chi connectivity index (χ1n) is 5.49. The first-order valence-corrected chi connectivity index (χ1v) is 5.49. The van der Waals surface area contributed by atoms with Crippen LogP contribution in [-0.2, 0) is 4.79 Å². The third-order valence-corrected chi connectivity index (χ3v) is 2.30. The smallest absolute Gasteiger partial charge is 0.248 e. The van der Waals surface area contributed by atoms with E-state index >= 15 is 0 Å². The SMILES string of the molecule is O=C(/C=C/c1cccnc1)Nc1ccc(F)c(F)c1. The Bertz CT molecular complexity index is 612. The van der Waals surface area contributed by atoms with Crippen molar-refractivity contribution in [3.8, 4) is 0 Å². The molecule has 1 aromatic carbocycles. The molecule has 96 valence electrons. The van der Waals surface area contributed by atoms with Crippen molar-refractivity contribution in [1.82, 2.24) is 4.98 Å². The van der Waals surface area contributed by atoms with Gasteiger partial charge in [-0.05, 0) is 29.8 Å². The zero-order chi connectivity index (χ0) is 13.7. The molecular formula is C14H10F2N2O. The largest absolute Gasteiger partial charge is 0.322 e. The van der Waals surface area contributed by atoms with Crippen LogP contribution in [0.5, 0.6) is 0 Å². The van der Waals surface area contributed by atoms with Crippen LogP contribution in [0.3, 0.4) is 0 Å². The highest BCUT2D eigenvalue weighted by molar-refractivity contribution is 6.01.